The van der Waals surface area contributed by atoms with E-state index in [1.54, 1.807) is 10.9 Å². The minimum absolute atomic E-state index is 0.551. The van der Waals surface area contributed by atoms with E-state index < -0.39 is 0 Å². The lowest BCUT2D eigenvalue weighted by molar-refractivity contribution is 0.768. The number of aromatic nitrogens is 5. The predicted octanol–water partition coefficient (Wildman–Crippen LogP) is 3.22. The first kappa shape index (κ1) is 13.6. The second kappa shape index (κ2) is 5.21. The Balaban J connectivity index is 2.15. The number of aryl methyl sites for hydroxylation is 3. The van der Waals surface area contributed by atoms with Crippen molar-refractivity contribution >= 4 is 12.2 Å². The molecular weight excluding hydrogens is 282 g/mol. The number of aromatic amines is 1. The van der Waals surface area contributed by atoms with Crippen molar-refractivity contribution in [3.05, 3.63) is 46.6 Å². The van der Waals surface area contributed by atoms with Crippen molar-refractivity contribution in [3.63, 3.8) is 0 Å². The zero-order chi connectivity index (χ0) is 15.0. The third kappa shape index (κ3) is 2.90. The SMILES string of the molecule is Cc1cc(-c2nc(=S)cc(-c3cnn(C)c3)[nH]2)cc(C)n1. The second-order valence-electron chi connectivity index (χ2n) is 5.02. The Morgan fingerprint density at radius 3 is 2.38 bits per heavy atom. The zero-order valence-corrected chi connectivity index (χ0v) is 12.9. The number of hydrogen-bond donors (Lipinski definition) is 1. The van der Waals surface area contributed by atoms with Crippen molar-refractivity contribution in [2.45, 2.75) is 13.8 Å². The van der Waals surface area contributed by atoms with E-state index in [2.05, 4.69) is 20.1 Å². The van der Waals surface area contributed by atoms with Gasteiger partial charge in [-0.2, -0.15) is 5.10 Å². The van der Waals surface area contributed by atoms with Gasteiger partial charge in [-0.3, -0.25) is 9.67 Å². The highest BCUT2D eigenvalue weighted by Crippen LogP contribution is 2.21. The molecule has 0 aliphatic rings. The van der Waals surface area contributed by atoms with Crippen molar-refractivity contribution in [1.82, 2.24) is 24.7 Å². The first-order valence-corrected chi connectivity index (χ1v) is 6.98. The fourth-order valence-corrected chi connectivity index (χ4v) is 2.49. The van der Waals surface area contributed by atoms with Gasteiger partial charge >= 0.3 is 0 Å². The molecule has 0 aromatic carbocycles. The number of H-pyrrole nitrogens is 1. The lowest BCUT2D eigenvalue weighted by Crippen LogP contribution is -1.95. The molecule has 0 amide bonds. The Morgan fingerprint density at radius 2 is 1.76 bits per heavy atom. The molecule has 0 saturated carbocycles. The summed E-state index contributed by atoms with van der Waals surface area (Å²) in [5, 5.41) is 4.19. The van der Waals surface area contributed by atoms with Crippen molar-refractivity contribution in [2.24, 2.45) is 7.05 Å². The largest absolute Gasteiger partial charge is 0.339 e. The molecule has 0 radical (unpaired) electrons. The third-order valence-electron chi connectivity index (χ3n) is 3.11. The normalized spacial score (nSPS) is 10.8. The summed E-state index contributed by atoms with van der Waals surface area (Å²) in [4.78, 5) is 12.1. The summed E-state index contributed by atoms with van der Waals surface area (Å²) >= 11 is 5.29. The Morgan fingerprint density at radius 1 is 1.05 bits per heavy atom. The van der Waals surface area contributed by atoms with E-state index in [-0.39, 0.29) is 0 Å². The average Bonchev–Trinajstić information content (AvgIpc) is 2.83. The van der Waals surface area contributed by atoms with E-state index in [0.29, 0.717) is 4.64 Å². The Hall–Kier alpha value is -2.34. The molecule has 21 heavy (non-hydrogen) atoms. The maximum atomic E-state index is 5.29. The van der Waals surface area contributed by atoms with Crippen LogP contribution < -0.4 is 0 Å². The molecule has 5 nitrogen and oxygen atoms in total. The van der Waals surface area contributed by atoms with E-state index in [1.807, 2.05) is 45.3 Å². The molecule has 3 heterocycles. The van der Waals surface area contributed by atoms with Gasteiger partial charge in [0.25, 0.3) is 0 Å². The Labute approximate surface area is 127 Å². The molecular formula is C15H15N5S. The third-order valence-corrected chi connectivity index (χ3v) is 3.32. The predicted molar refractivity (Wildman–Crippen MR) is 84.3 cm³/mol. The fourth-order valence-electron chi connectivity index (χ4n) is 2.28. The van der Waals surface area contributed by atoms with Crippen LogP contribution in [0, 0.1) is 18.5 Å². The number of pyridine rings is 1. The first-order valence-electron chi connectivity index (χ1n) is 6.57. The summed E-state index contributed by atoms with van der Waals surface area (Å²) in [6.45, 7) is 3.94. The number of rotatable bonds is 2. The minimum Gasteiger partial charge on any atom is -0.339 e. The maximum absolute atomic E-state index is 5.29. The van der Waals surface area contributed by atoms with Gasteiger partial charge in [-0.15, -0.1) is 0 Å². The van der Waals surface area contributed by atoms with Gasteiger partial charge in [0.15, 0.2) is 0 Å². The van der Waals surface area contributed by atoms with Crippen LogP contribution in [0.4, 0.5) is 0 Å². The Bertz CT molecular complexity index is 842. The van der Waals surface area contributed by atoms with Gasteiger partial charge in [-0.05, 0) is 32.0 Å². The standard InChI is InChI=1S/C15H15N5S/c1-9-4-11(5-10(2)17-9)15-18-13(6-14(21)19-15)12-7-16-20(3)8-12/h4-8H,1-3H3,(H,18,19,21). The lowest BCUT2D eigenvalue weighted by atomic mass is 10.1. The van der Waals surface area contributed by atoms with Crippen molar-refractivity contribution in [2.75, 3.05) is 0 Å². The summed E-state index contributed by atoms with van der Waals surface area (Å²) in [5.74, 6) is 0.745. The van der Waals surface area contributed by atoms with E-state index in [9.17, 15) is 0 Å². The highest BCUT2D eigenvalue weighted by molar-refractivity contribution is 7.71. The molecule has 106 valence electrons. The summed E-state index contributed by atoms with van der Waals surface area (Å²) in [5.41, 5.74) is 4.78. The fraction of sp³-hybridized carbons (Fsp3) is 0.200. The molecule has 1 N–H and O–H groups in total. The van der Waals surface area contributed by atoms with Crippen molar-refractivity contribution in [3.8, 4) is 22.6 Å². The number of hydrogen-bond acceptors (Lipinski definition) is 4. The minimum atomic E-state index is 0.551. The van der Waals surface area contributed by atoms with Crippen LogP contribution in [0.25, 0.3) is 22.6 Å². The van der Waals surface area contributed by atoms with Gasteiger partial charge < -0.3 is 4.98 Å². The monoisotopic (exact) mass is 297 g/mol. The topological polar surface area (TPSA) is 59.4 Å². The summed E-state index contributed by atoms with van der Waals surface area (Å²) in [6, 6.07) is 5.83. The van der Waals surface area contributed by atoms with Crippen molar-refractivity contribution in [1.29, 1.82) is 0 Å². The molecule has 0 aliphatic heterocycles. The van der Waals surface area contributed by atoms with Crippen molar-refractivity contribution < 1.29 is 0 Å². The zero-order valence-electron chi connectivity index (χ0n) is 12.1. The molecule has 3 aromatic heterocycles. The van der Waals surface area contributed by atoms with Crippen LogP contribution in [0.5, 0.6) is 0 Å². The molecule has 0 bridgehead atoms. The molecule has 0 spiro atoms. The second-order valence-corrected chi connectivity index (χ2v) is 5.44. The van der Waals surface area contributed by atoms with Crippen LogP contribution in [0.1, 0.15) is 11.4 Å². The molecule has 0 fully saturated rings. The molecule has 0 saturated heterocycles. The summed E-state index contributed by atoms with van der Waals surface area (Å²) in [7, 11) is 1.88. The summed E-state index contributed by atoms with van der Waals surface area (Å²) in [6.07, 6.45) is 3.74. The maximum Gasteiger partial charge on any atom is 0.139 e. The molecule has 3 rings (SSSR count). The van der Waals surface area contributed by atoms with Gasteiger partial charge in [0.2, 0.25) is 0 Å². The molecule has 0 aliphatic carbocycles. The first-order chi connectivity index (χ1) is 10.0. The average molecular weight is 297 g/mol. The molecule has 0 atom stereocenters. The van der Waals surface area contributed by atoms with Gasteiger partial charge in [0.05, 0.1) is 11.9 Å². The smallest absolute Gasteiger partial charge is 0.139 e. The van der Waals surface area contributed by atoms with Crippen LogP contribution >= 0.6 is 12.2 Å². The number of nitrogens with zero attached hydrogens (tertiary/aromatic N) is 4. The summed E-state index contributed by atoms with van der Waals surface area (Å²) < 4.78 is 2.31. The van der Waals surface area contributed by atoms with Gasteiger partial charge in [-0.25, -0.2) is 4.98 Å². The van der Waals surface area contributed by atoms with Crippen LogP contribution in [0.3, 0.4) is 0 Å². The van der Waals surface area contributed by atoms with Crippen LogP contribution in [0.2, 0.25) is 0 Å². The highest BCUT2D eigenvalue weighted by atomic mass is 32.1. The Kier molecular flexibility index (Phi) is 3.39. The molecule has 3 aromatic rings. The highest BCUT2D eigenvalue weighted by Gasteiger charge is 2.07. The van der Waals surface area contributed by atoms with Crippen LogP contribution in [-0.4, -0.2) is 24.7 Å². The number of nitrogens with one attached hydrogen (secondary N) is 1. The van der Waals surface area contributed by atoms with E-state index in [0.717, 1.165) is 34.0 Å². The lowest BCUT2D eigenvalue weighted by Gasteiger charge is -2.06. The van der Waals surface area contributed by atoms with E-state index in [4.69, 9.17) is 12.2 Å². The van der Waals surface area contributed by atoms with Gasteiger partial charge in [-0.1, -0.05) is 12.2 Å². The van der Waals surface area contributed by atoms with Crippen LogP contribution in [0.15, 0.2) is 30.6 Å². The van der Waals surface area contributed by atoms with Gasteiger partial charge in [0.1, 0.15) is 10.5 Å². The molecule has 0 unspecified atom stereocenters. The quantitative estimate of drug-likeness (QED) is 0.738. The van der Waals surface area contributed by atoms with E-state index >= 15 is 0 Å². The van der Waals surface area contributed by atoms with Gasteiger partial charge in [0, 0.05) is 35.8 Å². The van der Waals surface area contributed by atoms with Crippen LogP contribution in [-0.2, 0) is 7.05 Å². The van der Waals surface area contributed by atoms with E-state index in [1.165, 1.54) is 0 Å². The molecule has 6 heteroatoms.